The molecule has 0 saturated carbocycles. The van der Waals surface area contributed by atoms with Crippen LogP contribution in [0.4, 0.5) is 10.1 Å². The van der Waals surface area contributed by atoms with Crippen LogP contribution in [0, 0.1) is 5.82 Å². The van der Waals surface area contributed by atoms with Crippen LogP contribution in [0.3, 0.4) is 0 Å². The number of carbonyl (C=O) groups excluding carboxylic acids is 1. The lowest BCUT2D eigenvalue weighted by molar-refractivity contribution is -0.113. The van der Waals surface area contributed by atoms with Crippen molar-refractivity contribution in [2.24, 2.45) is 0 Å². The second-order valence-corrected chi connectivity index (χ2v) is 7.67. The largest absolute Gasteiger partial charge is 0.323 e. The van der Waals surface area contributed by atoms with Crippen molar-refractivity contribution >= 4 is 45.9 Å². The Balaban J connectivity index is 1.70. The molecule has 0 fully saturated rings. The van der Waals surface area contributed by atoms with E-state index in [0.717, 1.165) is 11.8 Å². The monoisotopic (exact) mass is 439 g/mol. The molecule has 0 atom stereocenters. The van der Waals surface area contributed by atoms with Gasteiger partial charge < -0.3 is 5.32 Å². The maximum Gasteiger partial charge on any atom is 0.266 e. The number of fused-ring (bicyclic) bond motifs is 1. The van der Waals surface area contributed by atoms with Crippen LogP contribution in [-0.4, -0.2) is 21.2 Å². The molecule has 0 aliphatic heterocycles. The van der Waals surface area contributed by atoms with E-state index < -0.39 is 11.7 Å². The molecule has 0 saturated heterocycles. The van der Waals surface area contributed by atoms with Crippen LogP contribution in [0.25, 0.3) is 16.6 Å². The van der Waals surface area contributed by atoms with Crippen molar-refractivity contribution in [3.05, 3.63) is 94.0 Å². The molecular weight excluding hydrogens is 425 g/mol. The lowest BCUT2D eigenvalue weighted by Crippen LogP contribution is -2.23. The Morgan fingerprint density at radius 2 is 1.73 bits per heavy atom. The molecule has 3 aromatic carbocycles. The SMILES string of the molecule is O=C(CSc1nc2ccccc2c(=O)n1-c1ccccc1Cl)Nc1ccccc1F. The van der Waals surface area contributed by atoms with Crippen LogP contribution >= 0.6 is 23.4 Å². The van der Waals surface area contributed by atoms with E-state index in [-0.39, 0.29) is 17.0 Å². The Bertz CT molecular complexity index is 1310. The Labute approximate surface area is 180 Å². The highest BCUT2D eigenvalue weighted by molar-refractivity contribution is 7.99. The Morgan fingerprint density at radius 3 is 2.53 bits per heavy atom. The third kappa shape index (κ3) is 4.08. The average molecular weight is 440 g/mol. The first-order chi connectivity index (χ1) is 14.5. The highest BCUT2D eigenvalue weighted by atomic mass is 35.5. The Kier molecular flexibility index (Phi) is 5.83. The van der Waals surface area contributed by atoms with Gasteiger partial charge in [-0.2, -0.15) is 0 Å². The summed E-state index contributed by atoms with van der Waals surface area (Å²) < 4.78 is 15.2. The highest BCUT2D eigenvalue weighted by Gasteiger charge is 2.16. The fourth-order valence-corrected chi connectivity index (χ4v) is 3.96. The molecule has 8 heteroatoms. The van der Waals surface area contributed by atoms with Gasteiger partial charge in [-0.1, -0.05) is 59.8 Å². The minimum atomic E-state index is -0.521. The normalized spacial score (nSPS) is 10.9. The van der Waals surface area contributed by atoms with Gasteiger partial charge in [-0.15, -0.1) is 0 Å². The van der Waals surface area contributed by atoms with Crippen molar-refractivity contribution in [1.29, 1.82) is 0 Å². The third-order valence-electron chi connectivity index (χ3n) is 4.32. The number of aromatic nitrogens is 2. The first-order valence-corrected chi connectivity index (χ1v) is 10.3. The average Bonchev–Trinajstić information content (AvgIpc) is 2.75. The van der Waals surface area contributed by atoms with Gasteiger partial charge in [0, 0.05) is 0 Å². The number of anilines is 1. The number of hydrogen-bond donors (Lipinski definition) is 1. The molecule has 4 rings (SSSR count). The van der Waals surface area contributed by atoms with Gasteiger partial charge in [0.2, 0.25) is 5.91 Å². The zero-order valence-electron chi connectivity index (χ0n) is 15.5. The summed E-state index contributed by atoms with van der Waals surface area (Å²) in [4.78, 5) is 30.1. The van der Waals surface area contributed by atoms with Gasteiger partial charge in [-0.05, 0) is 36.4 Å². The fourth-order valence-electron chi connectivity index (χ4n) is 2.93. The summed E-state index contributed by atoms with van der Waals surface area (Å²) >= 11 is 7.40. The molecule has 0 aliphatic rings. The minimum Gasteiger partial charge on any atom is -0.323 e. The maximum absolute atomic E-state index is 13.8. The van der Waals surface area contributed by atoms with E-state index in [0.29, 0.717) is 26.8 Å². The molecule has 150 valence electrons. The van der Waals surface area contributed by atoms with Gasteiger partial charge in [-0.3, -0.25) is 14.2 Å². The molecule has 1 heterocycles. The number of nitrogens with one attached hydrogen (secondary N) is 1. The van der Waals surface area contributed by atoms with Crippen molar-refractivity contribution in [3.8, 4) is 5.69 Å². The fraction of sp³-hybridized carbons (Fsp3) is 0.0455. The zero-order valence-corrected chi connectivity index (χ0v) is 17.1. The number of para-hydroxylation sites is 3. The van der Waals surface area contributed by atoms with Crippen LogP contribution in [0.2, 0.25) is 5.02 Å². The van der Waals surface area contributed by atoms with Crippen molar-refractivity contribution in [2.45, 2.75) is 5.16 Å². The van der Waals surface area contributed by atoms with Gasteiger partial charge in [0.05, 0.1) is 33.1 Å². The minimum absolute atomic E-state index is 0.0659. The summed E-state index contributed by atoms with van der Waals surface area (Å²) in [6, 6.07) is 19.8. The lowest BCUT2D eigenvalue weighted by atomic mass is 10.2. The van der Waals surface area contributed by atoms with Crippen LogP contribution in [0.1, 0.15) is 0 Å². The Morgan fingerprint density at radius 1 is 1.03 bits per heavy atom. The van der Waals surface area contributed by atoms with Crippen molar-refractivity contribution in [3.63, 3.8) is 0 Å². The van der Waals surface area contributed by atoms with Crippen molar-refractivity contribution < 1.29 is 9.18 Å². The summed E-state index contributed by atoms with van der Waals surface area (Å²) in [6.45, 7) is 0. The second-order valence-electron chi connectivity index (χ2n) is 6.32. The highest BCUT2D eigenvalue weighted by Crippen LogP contribution is 2.26. The zero-order chi connectivity index (χ0) is 21.1. The summed E-state index contributed by atoms with van der Waals surface area (Å²) in [5, 5.41) is 3.67. The van der Waals surface area contributed by atoms with Crippen molar-refractivity contribution in [2.75, 3.05) is 11.1 Å². The van der Waals surface area contributed by atoms with Crippen LogP contribution in [0.5, 0.6) is 0 Å². The molecule has 4 aromatic rings. The quantitative estimate of drug-likeness (QED) is 0.354. The Hall–Kier alpha value is -3.16. The number of amides is 1. The lowest BCUT2D eigenvalue weighted by Gasteiger charge is -2.14. The molecule has 1 amide bonds. The molecule has 0 aliphatic carbocycles. The van der Waals surface area contributed by atoms with Crippen LogP contribution in [-0.2, 0) is 4.79 Å². The molecule has 5 nitrogen and oxygen atoms in total. The summed E-state index contributed by atoms with van der Waals surface area (Å²) in [7, 11) is 0. The van der Waals surface area contributed by atoms with E-state index in [1.54, 1.807) is 60.7 Å². The molecule has 30 heavy (non-hydrogen) atoms. The summed E-state index contributed by atoms with van der Waals surface area (Å²) in [5.41, 5.74) is 0.797. The molecule has 0 radical (unpaired) electrons. The number of carbonyl (C=O) groups is 1. The predicted octanol–water partition coefficient (Wildman–Crippen LogP) is 4.91. The first kappa shape index (κ1) is 20.1. The maximum atomic E-state index is 13.8. The number of thioether (sulfide) groups is 1. The van der Waals surface area contributed by atoms with Gasteiger partial charge >= 0.3 is 0 Å². The van der Waals surface area contributed by atoms with E-state index in [1.165, 1.54) is 16.7 Å². The third-order valence-corrected chi connectivity index (χ3v) is 5.58. The van der Waals surface area contributed by atoms with Crippen LogP contribution in [0.15, 0.2) is 82.7 Å². The topological polar surface area (TPSA) is 64.0 Å². The van der Waals surface area contributed by atoms with E-state index in [4.69, 9.17) is 11.6 Å². The van der Waals surface area contributed by atoms with E-state index in [2.05, 4.69) is 10.3 Å². The van der Waals surface area contributed by atoms with Gasteiger partial charge in [0.1, 0.15) is 5.82 Å². The number of halogens is 2. The van der Waals surface area contributed by atoms with E-state index in [1.807, 2.05) is 0 Å². The first-order valence-electron chi connectivity index (χ1n) is 8.98. The van der Waals surface area contributed by atoms with Gasteiger partial charge in [0.15, 0.2) is 5.16 Å². The predicted molar refractivity (Wildman–Crippen MR) is 118 cm³/mol. The van der Waals surface area contributed by atoms with Gasteiger partial charge in [0.25, 0.3) is 5.56 Å². The number of hydrogen-bond acceptors (Lipinski definition) is 4. The molecule has 0 spiro atoms. The molecule has 1 N–H and O–H groups in total. The second kappa shape index (κ2) is 8.69. The standard InChI is InChI=1S/C22H15ClFN3O2S/c23-15-8-2-6-12-19(15)27-21(29)14-7-1-4-10-17(14)26-22(27)30-13-20(28)25-18-11-5-3-9-16(18)24/h1-12H,13H2,(H,25,28). The molecular formula is C22H15ClFN3O2S. The molecule has 0 bridgehead atoms. The van der Waals surface area contributed by atoms with E-state index >= 15 is 0 Å². The summed E-state index contributed by atoms with van der Waals surface area (Å²) in [6.07, 6.45) is 0. The molecule has 1 aromatic heterocycles. The number of rotatable bonds is 5. The summed E-state index contributed by atoms with van der Waals surface area (Å²) in [5.74, 6) is -1.00. The van der Waals surface area contributed by atoms with Crippen LogP contribution < -0.4 is 10.9 Å². The number of benzene rings is 3. The van der Waals surface area contributed by atoms with Crippen molar-refractivity contribution in [1.82, 2.24) is 9.55 Å². The van der Waals surface area contributed by atoms with E-state index in [9.17, 15) is 14.0 Å². The molecule has 0 unspecified atom stereocenters. The smallest absolute Gasteiger partial charge is 0.266 e. The number of nitrogens with zero attached hydrogens (tertiary/aromatic N) is 2. The van der Waals surface area contributed by atoms with Gasteiger partial charge in [-0.25, -0.2) is 9.37 Å².